The van der Waals surface area contributed by atoms with Crippen LogP contribution in [0, 0.1) is 11.3 Å². The molecule has 0 fully saturated rings. The second kappa shape index (κ2) is 4.27. The number of hydrogen-bond acceptors (Lipinski definition) is 2. The van der Waals surface area contributed by atoms with E-state index in [2.05, 4.69) is 0 Å². The van der Waals surface area contributed by atoms with Crippen LogP contribution in [0.4, 0.5) is 4.39 Å². The van der Waals surface area contributed by atoms with Gasteiger partial charge in [-0.25, -0.2) is 4.39 Å². The van der Waals surface area contributed by atoms with Crippen LogP contribution in [0.2, 0.25) is 0 Å². The molecule has 0 aliphatic heterocycles. The molecule has 0 radical (unpaired) electrons. The highest BCUT2D eigenvalue weighted by atomic mass is 19.1. The predicted octanol–water partition coefficient (Wildman–Crippen LogP) is 2.53. The fourth-order valence-corrected chi connectivity index (χ4v) is 0.923. The predicted molar refractivity (Wildman–Crippen MR) is 47.7 cm³/mol. The first-order chi connectivity index (χ1) is 6.31. The fraction of sp³-hybridized carbons (Fsp3) is 0.100. The third-order valence-corrected chi connectivity index (χ3v) is 1.63. The lowest BCUT2D eigenvalue weighted by Crippen LogP contribution is -1.84. The van der Waals surface area contributed by atoms with Gasteiger partial charge in [-0.3, -0.25) is 0 Å². The number of rotatable bonds is 2. The van der Waals surface area contributed by atoms with Crippen LogP contribution < -0.4 is 4.74 Å². The van der Waals surface area contributed by atoms with Crippen molar-refractivity contribution in [3.8, 4) is 11.8 Å². The molecule has 0 aromatic heterocycles. The number of hydrogen-bond donors (Lipinski definition) is 0. The van der Waals surface area contributed by atoms with Crippen LogP contribution >= 0.6 is 0 Å². The number of ether oxygens (including phenoxy) is 1. The van der Waals surface area contributed by atoms with Gasteiger partial charge in [0, 0.05) is 0 Å². The van der Waals surface area contributed by atoms with Crippen LogP contribution in [0.15, 0.2) is 30.6 Å². The number of nitrogens with zero attached hydrogens (tertiary/aromatic N) is 1. The summed E-state index contributed by atoms with van der Waals surface area (Å²) in [4.78, 5) is 0. The second-order valence-electron chi connectivity index (χ2n) is 2.36. The van der Waals surface area contributed by atoms with Crippen LogP contribution in [0.5, 0.6) is 5.75 Å². The van der Waals surface area contributed by atoms with Gasteiger partial charge in [-0.2, -0.15) is 5.26 Å². The summed E-state index contributed by atoms with van der Waals surface area (Å²) >= 11 is 0. The molecule has 1 rings (SSSR count). The van der Waals surface area contributed by atoms with E-state index in [1.807, 2.05) is 0 Å². The molecule has 0 atom stereocenters. The zero-order valence-corrected chi connectivity index (χ0v) is 7.12. The Morgan fingerprint density at radius 1 is 1.46 bits per heavy atom. The van der Waals surface area contributed by atoms with Crippen LogP contribution in [-0.4, -0.2) is 7.11 Å². The van der Waals surface area contributed by atoms with Crippen molar-refractivity contribution in [1.82, 2.24) is 0 Å². The first-order valence-corrected chi connectivity index (χ1v) is 3.66. The summed E-state index contributed by atoms with van der Waals surface area (Å²) in [7, 11) is 1.55. The highest BCUT2D eigenvalue weighted by molar-refractivity contribution is 5.75. The van der Waals surface area contributed by atoms with E-state index < -0.39 is 0 Å². The first-order valence-electron chi connectivity index (χ1n) is 3.66. The van der Waals surface area contributed by atoms with Crippen molar-refractivity contribution in [3.63, 3.8) is 0 Å². The maximum absolute atomic E-state index is 12.1. The van der Waals surface area contributed by atoms with Crippen molar-refractivity contribution in [2.45, 2.75) is 0 Å². The zero-order chi connectivity index (χ0) is 9.68. The minimum Gasteiger partial charge on any atom is -0.497 e. The maximum Gasteiger partial charge on any atom is 0.118 e. The van der Waals surface area contributed by atoms with E-state index in [4.69, 9.17) is 10.00 Å². The van der Waals surface area contributed by atoms with Gasteiger partial charge in [0.25, 0.3) is 0 Å². The lowest BCUT2D eigenvalue weighted by Gasteiger charge is -2.00. The van der Waals surface area contributed by atoms with Gasteiger partial charge in [-0.1, -0.05) is 0 Å². The van der Waals surface area contributed by atoms with E-state index in [0.29, 0.717) is 17.6 Å². The molecule has 0 saturated heterocycles. The Morgan fingerprint density at radius 3 is 2.46 bits per heavy atom. The Bertz CT molecular complexity index is 348. The molecule has 2 nitrogen and oxygen atoms in total. The molecule has 0 heterocycles. The Labute approximate surface area is 75.9 Å². The molecule has 3 heteroatoms. The number of allylic oxidation sites excluding steroid dienone is 1. The molecular weight excluding hydrogens is 169 g/mol. The Hall–Kier alpha value is -1.82. The fourth-order valence-electron chi connectivity index (χ4n) is 0.923. The van der Waals surface area contributed by atoms with Gasteiger partial charge in [0.15, 0.2) is 0 Å². The van der Waals surface area contributed by atoms with Gasteiger partial charge in [-0.05, 0) is 29.8 Å². The van der Waals surface area contributed by atoms with Crippen LogP contribution in [-0.2, 0) is 0 Å². The maximum atomic E-state index is 12.1. The topological polar surface area (TPSA) is 33.0 Å². The molecule has 0 spiro atoms. The van der Waals surface area contributed by atoms with Gasteiger partial charge in [-0.15, -0.1) is 0 Å². The first kappa shape index (κ1) is 9.27. The Morgan fingerprint density at radius 2 is 2.08 bits per heavy atom. The zero-order valence-electron chi connectivity index (χ0n) is 7.12. The normalized spacial score (nSPS) is 10.7. The molecule has 0 N–H and O–H groups in total. The van der Waals surface area contributed by atoms with Gasteiger partial charge in [0.1, 0.15) is 18.1 Å². The smallest absolute Gasteiger partial charge is 0.118 e. The van der Waals surface area contributed by atoms with Gasteiger partial charge >= 0.3 is 0 Å². The quantitative estimate of drug-likeness (QED) is 0.650. The standard InChI is InChI=1S/C10H8FNO/c1-13-10-4-2-8(3-5-10)9(6-11)7-12/h2-6H,1H3/b9-6+. The SMILES string of the molecule is COc1ccc(/C(C#N)=C/F)cc1. The molecule has 0 aliphatic carbocycles. The summed E-state index contributed by atoms with van der Waals surface area (Å²) in [6.07, 6.45) is 0.293. The molecule has 0 aliphatic rings. The summed E-state index contributed by atoms with van der Waals surface area (Å²) in [5, 5.41) is 8.52. The van der Waals surface area contributed by atoms with Crippen molar-refractivity contribution in [3.05, 3.63) is 36.2 Å². The third kappa shape index (κ3) is 2.06. The number of nitriles is 1. The molecule has 13 heavy (non-hydrogen) atoms. The van der Waals surface area contributed by atoms with E-state index >= 15 is 0 Å². The van der Waals surface area contributed by atoms with Crippen LogP contribution in [0.25, 0.3) is 5.57 Å². The molecule has 1 aromatic rings. The summed E-state index contributed by atoms with van der Waals surface area (Å²) < 4.78 is 17.0. The largest absolute Gasteiger partial charge is 0.497 e. The average Bonchev–Trinajstić information content (AvgIpc) is 2.21. The summed E-state index contributed by atoms with van der Waals surface area (Å²) in [6, 6.07) is 8.37. The lowest BCUT2D eigenvalue weighted by molar-refractivity contribution is 0.415. The van der Waals surface area contributed by atoms with E-state index in [1.54, 1.807) is 37.4 Å². The third-order valence-electron chi connectivity index (χ3n) is 1.63. The Kier molecular flexibility index (Phi) is 3.04. The van der Waals surface area contributed by atoms with Gasteiger partial charge in [0.2, 0.25) is 0 Å². The minimum absolute atomic E-state index is 0.0163. The second-order valence-corrected chi connectivity index (χ2v) is 2.36. The van der Waals surface area contributed by atoms with Crippen molar-refractivity contribution in [2.24, 2.45) is 0 Å². The Balaban J connectivity index is 3.00. The molecular formula is C10H8FNO. The van der Waals surface area contributed by atoms with Crippen molar-refractivity contribution in [1.29, 1.82) is 5.26 Å². The van der Waals surface area contributed by atoms with Crippen molar-refractivity contribution in [2.75, 3.05) is 7.11 Å². The summed E-state index contributed by atoms with van der Waals surface area (Å²) in [5.74, 6) is 0.680. The minimum atomic E-state index is 0.0163. The van der Waals surface area contributed by atoms with Crippen LogP contribution in [0.1, 0.15) is 5.56 Å². The molecule has 1 aromatic carbocycles. The van der Waals surface area contributed by atoms with Gasteiger partial charge in [0.05, 0.1) is 12.7 Å². The molecule has 0 amide bonds. The monoisotopic (exact) mass is 177 g/mol. The summed E-state index contributed by atoms with van der Waals surface area (Å²) in [5.41, 5.74) is 0.563. The van der Waals surface area contributed by atoms with Crippen molar-refractivity contribution >= 4 is 5.57 Å². The van der Waals surface area contributed by atoms with E-state index in [9.17, 15) is 4.39 Å². The van der Waals surface area contributed by atoms with E-state index in [0.717, 1.165) is 0 Å². The number of benzene rings is 1. The molecule has 0 bridgehead atoms. The summed E-state index contributed by atoms with van der Waals surface area (Å²) in [6.45, 7) is 0. The number of methoxy groups -OCH3 is 1. The highest BCUT2D eigenvalue weighted by Crippen LogP contribution is 2.17. The van der Waals surface area contributed by atoms with Crippen molar-refractivity contribution < 1.29 is 9.13 Å². The van der Waals surface area contributed by atoms with Gasteiger partial charge < -0.3 is 4.74 Å². The molecule has 0 unspecified atom stereocenters. The van der Waals surface area contributed by atoms with E-state index in [1.165, 1.54) is 0 Å². The molecule has 0 saturated carbocycles. The molecule has 66 valence electrons. The lowest BCUT2D eigenvalue weighted by atomic mass is 10.1. The highest BCUT2D eigenvalue weighted by Gasteiger charge is 1.99. The van der Waals surface area contributed by atoms with E-state index in [-0.39, 0.29) is 5.57 Å². The van der Waals surface area contributed by atoms with Crippen LogP contribution in [0.3, 0.4) is 0 Å². The average molecular weight is 177 g/mol. The number of halogens is 1.